The van der Waals surface area contributed by atoms with Gasteiger partial charge in [-0.05, 0) is 87.5 Å². The maximum Gasteiger partial charge on any atom is 0.305 e. The lowest BCUT2D eigenvalue weighted by molar-refractivity contribution is -0.143. The van der Waals surface area contributed by atoms with E-state index in [1.54, 1.807) is 0 Å². The van der Waals surface area contributed by atoms with Gasteiger partial charge in [-0.1, -0.05) is 86.5 Å². The number of aryl methyl sites for hydroxylation is 1. The molecule has 0 aromatic heterocycles. The van der Waals surface area contributed by atoms with Gasteiger partial charge in [0.15, 0.2) is 17.8 Å². The van der Waals surface area contributed by atoms with E-state index in [0.29, 0.717) is 36.7 Å². The molecule has 0 N–H and O–H groups in total. The number of carbonyl (C=O) groups is 3. The van der Waals surface area contributed by atoms with Crippen LogP contribution in [-0.2, 0) is 19.1 Å². The van der Waals surface area contributed by atoms with Gasteiger partial charge in [0.2, 0.25) is 0 Å². The molecule has 0 aliphatic heterocycles. The first kappa shape index (κ1) is 33.6. The number of hydrogen-bond acceptors (Lipinski definition) is 5. The van der Waals surface area contributed by atoms with E-state index < -0.39 is 0 Å². The Morgan fingerprint density at radius 3 is 2.07 bits per heavy atom. The lowest BCUT2D eigenvalue weighted by Crippen LogP contribution is -2.23. The van der Waals surface area contributed by atoms with Gasteiger partial charge in [-0.3, -0.25) is 14.4 Å². The molecule has 42 heavy (non-hydrogen) atoms. The molecule has 1 fully saturated rings. The first-order valence-corrected chi connectivity index (χ1v) is 16.2. The third-order valence-electron chi connectivity index (χ3n) is 8.32. The van der Waals surface area contributed by atoms with E-state index in [1.165, 1.54) is 5.56 Å². The highest BCUT2D eigenvalue weighted by Crippen LogP contribution is 2.40. The van der Waals surface area contributed by atoms with E-state index in [-0.39, 0.29) is 23.4 Å². The van der Waals surface area contributed by atoms with Gasteiger partial charge in [0.25, 0.3) is 0 Å². The van der Waals surface area contributed by atoms with Crippen molar-refractivity contribution in [1.29, 1.82) is 0 Å². The minimum Gasteiger partial charge on any atom is -0.490 e. The Balaban J connectivity index is 1.53. The van der Waals surface area contributed by atoms with Crippen LogP contribution in [0.3, 0.4) is 0 Å². The number of carbonyl (C=O) groups excluding carboxylic acids is 3. The summed E-state index contributed by atoms with van der Waals surface area (Å²) in [5.41, 5.74) is 3.35. The minimum atomic E-state index is -0.101. The topological polar surface area (TPSA) is 69.7 Å². The first-order chi connectivity index (χ1) is 20.4. The quantitative estimate of drug-likeness (QED) is 0.0429. The fraction of sp³-hybridized carbons (Fsp3) is 0.528. The lowest BCUT2D eigenvalue weighted by Gasteiger charge is -2.31. The molecule has 3 rings (SSSR count). The zero-order valence-electron chi connectivity index (χ0n) is 25.4. The van der Waals surface area contributed by atoms with Crippen molar-refractivity contribution in [3.05, 3.63) is 81.6 Å². The second-order valence-electron chi connectivity index (χ2n) is 11.4. The standard InChI is InChI=1S/C36H47ClO5/c1-3-41-34(39)16-10-8-6-4-5-7-9-13-25-42-33(26-38)35(36(40)32-15-12-11-14-27(32)2)30-19-17-28(18-20-30)29-21-23-31(37)24-22-29/h11-12,14-15,21-24,26,28,30H,3-10,13,16-20,25H2,1-2H3/b35-33+. The zero-order chi connectivity index (χ0) is 30.2. The molecule has 1 aliphatic rings. The maximum atomic E-state index is 13.9. The Bertz CT molecular complexity index is 1160. The van der Waals surface area contributed by atoms with E-state index in [1.807, 2.05) is 50.2 Å². The van der Waals surface area contributed by atoms with Crippen molar-refractivity contribution in [1.82, 2.24) is 0 Å². The van der Waals surface area contributed by atoms with E-state index in [9.17, 15) is 14.4 Å². The van der Waals surface area contributed by atoms with Crippen molar-refractivity contribution in [2.24, 2.45) is 5.92 Å². The number of ketones is 1. The number of benzene rings is 2. The fourth-order valence-corrected chi connectivity index (χ4v) is 6.07. The molecule has 0 saturated heterocycles. The number of ether oxygens (including phenoxy) is 2. The minimum absolute atomic E-state index is 0.00955. The SMILES string of the molecule is CCOC(=O)CCCCCCCCCCO/C(C=O)=C(/C(=O)c1ccccc1C)C1CCC(c2ccc(Cl)cc2)CC1. The summed E-state index contributed by atoms with van der Waals surface area (Å²) >= 11 is 6.09. The molecule has 2 aromatic rings. The summed E-state index contributed by atoms with van der Waals surface area (Å²) in [6.45, 7) is 4.64. The van der Waals surface area contributed by atoms with Gasteiger partial charge in [0.1, 0.15) is 0 Å². The van der Waals surface area contributed by atoms with E-state index in [4.69, 9.17) is 21.1 Å². The lowest BCUT2D eigenvalue weighted by atomic mass is 9.74. The van der Waals surface area contributed by atoms with Crippen LogP contribution in [0.15, 0.2) is 59.9 Å². The Kier molecular flexibility index (Phi) is 14.9. The molecule has 1 aliphatic carbocycles. The van der Waals surface area contributed by atoms with E-state index in [2.05, 4.69) is 12.1 Å². The average molecular weight is 595 g/mol. The Hall–Kier alpha value is -2.92. The predicted octanol–water partition coefficient (Wildman–Crippen LogP) is 9.35. The van der Waals surface area contributed by atoms with Crippen molar-refractivity contribution in [3.8, 4) is 0 Å². The summed E-state index contributed by atoms with van der Waals surface area (Å²) in [6, 6.07) is 15.6. The first-order valence-electron chi connectivity index (χ1n) is 15.8. The second kappa shape index (κ2) is 18.6. The number of Topliss-reactive ketones (excluding diaryl/α,β-unsaturated/α-hetero) is 1. The molecule has 0 heterocycles. The average Bonchev–Trinajstić information content (AvgIpc) is 3.00. The molecule has 0 amide bonds. The second-order valence-corrected chi connectivity index (χ2v) is 11.8. The number of esters is 1. The van der Waals surface area contributed by atoms with Crippen molar-refractivity contribution in [3.63, 3.8) is 0 Å². The van der Waals surface area contributed by atoms with Gasteiger partial charge in [0, 0.05) is 22.6 Å². The summed E-state index contributed by atoms with van der Waals surface area (Å²) in [7, 11) is 0. The van der Waals surface area contributed by atoms with Crippen LogP contribution in [0, 0.1) is 12.8 Å². The highest BCUT2D eigenvalue weighted by molar-refractivity contribution is 6.30. The third kappa shape index (κ3) is 10.7. The van der Waals surface area contributed by atoms with Gasteiger partial charge < -0.3 is 9.47 Å². The largest absolute Gasteiger partial charge is 0.490 e. The molecule has 5 nitrogen and oxygen atoms in total. The summed E-state index contributed by atoms with van der Waals surface area (Å²) in [5.74, 6) is 0.430. The van der Waals surface area contributed by atoms with E-state index >= 15 is 0 Å². The number of halogens is 1. The maximum absolute atomic E-state index is 13.9. The van der Waals surface area contributed by atoms with Crippen LogP contribution in [0.5, 0.6) is 0 Å². The fourth-order valence-electron chi connectivity index (χ4n) is 5.94. The van der Waals surface area contributed by atoms with Crippen LogP contribution in [0.25, 0.3) is 0 Å². The number of hydrogen-bond donors (Lipinski definition) is 0. The van der Waals surface area contributed by atoms with Crippen LogP contribution < -0.4 is 0 Å². The van der Waals surface area contributed by atoms with Crippen molar-refractivity contribution < 1.29 is 23.9 Å². The van der Waals surface area contributed by atoms with Gasteiger partial charge >= 0.3 is 5.97 Å². The smallest absolute Gasteiger partial charge is 0.305 e. The summed E-state index contributed by atoms with van der Waals surface area (Å²) in [6.07, 6.45) is 13.1. The van der Waals surface area contributed by atoms with Crippen LogP contribution in [0.4, 0.5) is 0 Å². The van der Waals surface area contributed by atoms with Gasteiger partial charge in [0.05, 0.1) is 13.2 Å². The Labute approximate surface area is 257 Å². The van der Waals surface area contributed by atoms with Crippen LogP contribution in [0.2, 0.25) is 5.02 Å². The van der Waals surface area contributed by atoms with Gasteiger partial charge in [-0.2, -0.15) is 0 Å². The normalized spacial score (nSPS) is 17.3. The summed E-state index contributed by atoms with van der Waals surface area (Å²) in [5, 5.41) is 0.733. The molecule has 2 aromatic carbocycles. The third-order valence-corrected chi connectivity index (χ3v) is 8.57. The molecular formula is C36H47ClO5. The summed E-state index contributed by atoms with van der Waals surface area (Å²) in [4.78, 5) is 37.6. The monoisotopic (exact) mass is 594 g/mol. The molecule has 0 spiro atoms. The van der Waals surface area contributed by atoms with E-state index in [0.717, 1.165) is 93.9 Å². The summed E-state index contributed by atoms with van der Waals surface area (Å²) < 4.78 is 11.0. The predicted molar refractivity (Wildman–Crippen MR) is 169 cm³/mol. The number of rotatable bonds is 18. The molecule has 0 atom stereocenters. The number of allylic oxidation sites excluding steroid dienone is 2. The van der Waals surface area contributed by atoms with Crippen molar-refractivity contribution in [2.75, 3.05) is 13.2 Å². The molecule has 0 unspecified atom stereocenters. The molecule has 228 valence electrons. The zero-order valence-corrected chi connectivity index (χ0v) is 26.1. The van der Waals surface area contributed by atoms with Crippen molar-refractivity contribution in [2.45, 2.75) is 103 Å². The molecule has 0 bridgehead atoms. The highest BCUT2D eigenvalue weighted by Gasteiger charge is 2.32. The van der Waals surface area contributed by atoms with Crippen LogP contribution in [-0.4, -0.2) is 31.3 Å². The van der Waals surface area contributed by atoms with Gasteiger partial charge in [-0.25, -0.2) is 0 Å². The molecular weight excluding hydrogens is 548 g/mol. The van der Waals surface area contributed by atoms with Gasteiger partial charge in [-0.15, -0.1) is 0 Å². The highest BCUT2D eigenvalue weighted by atomic mass is 35.5. The van der Waals surface area contributed by atoms with Crippen LogP contribution in [0.1, 0.15) is 118 Å². The molecule has 6 heteroatoms. The van der Waals surface area contributed by atoms with Crippen LogP contribution >= 0.6 is 11.6 Å². The Morgan fingerprint density at radius 2 is 1.45 bits per heavy atom. The Morgan fingerprint density at radius 1 is 0.833 bits per heavy atom. The molecule has 0 radical (unpaired) electrons. The number of unbranched alkanes of at least 4 members (excludes halogenated alkanes) is 7. The number of aldehydes is 1. The molecule has 1 saturated carbocycles. The van der Waals surface area contributed by atoms with Crippen molar-refractivity contribution >= 4 is 29.6 Å².